The lowest BCUT2D eigenvalue weighted by molar-refractivity contribution is -0.131. The molecule has 0 saturated heterocycles. The Labute approximate surface area is 120 Å². The summed E-state index contributed by atoms with van der Waals surface area (Å²) in [5, 5.41) is 9.18. The van der Waals surface area contributed by atoms with E-state index in [-0.39, 0.29) is 5.78 Å². The molecule has 1 aromatic carbocycles. The molecule has 0 aliphatic carbocycles. The number of aliphatic carboxylic acids is 1. The van der Waals surface area contributed by atoms with E-state index in [0.29, 0.717) is 35.2 Å². The van der Waals surface area contributed by atoms with Gasteiger partial charge in [0.05, 0.1) is 12.2 Å². The van der Waals surface area contributed by atoms with E-state index in [2.05, 4.69) is 15.9 Å². The van der Waals surface area contributed by atoms with Gasteiger partial charge in [-0.25, -0.2) is 4.79 Å². The van der Waals surface area contributed by atoms with E-state index in [4.69, 9.17) is 9.84 Å². The molecule has 5 heteroatoms. The summed E-state index contributed by atoms with van der Waals surface area (Å²) in [5.41, 5.74) is 1.20. The number of rotatable bonds is 7. The van der Waals surface area contributed by atoms with E-state index in [1.54, 1.807) is 18.2 Å². The van der Waals surface area contributed by atoms with Gasteiger partial charge in [-0.15, -0.1) is 0 Å². The van der Waals surface area contributed by atoms with E-state index >= 15 is 0 Å². The molecule has 0 heterocycles. The second-order valence-electron chi connectivity index (χ2n) is 3.72. The third-order valence-corrected chi connectivity index (χ3v) is 2.74. The van der Waals surface area contributed by atoms with Crippen LogP contribution in [0.2, 0.25) is 0 Å². The summed E-state index contributed by atoms with van der Waals surface area (Å²) in [6.45, 7) is 2.28. The van der Waals surface area contributed by atoms with Gasteiger partial charge in [0.2, 0.25) is 0 Å². The van der Waals surface area contributed by atoms with Crippen LogP contribution in [-0.2, 0) is 4.79 Å². The van der Waals surface area contributed by atoms with Crippen molar-refractivity contribution in [3.8, 4) is 5.75 Å². The molecule has 1 N–H and O–H groups in total. The fourth-order valence-electron chi connectivity index (χ4n) is 1.54. The Balaban J connectivity index is 3.06. The molecule has 0 aliphatic heterocycles. The third kappa shape index (κ3) is 4.87. The van der Waals surface area contributed by atoms with Crippen LogP contribution in [0.5, 0.6) is 5.75 Å². The first kappa shape index (κ1) is 15.4. The van der Waals surface area contributed by atoms with Crippen LogP contribution in [0.1, 0.15) is 29.3 Å². The molecule has 1 aromatic rings. The van der Waals surface area contributed by atoms with Crippen LogP contribution >= 0.6 is 15.9 Å². The first-order chi connectivity index (χ1) is 9.08. The van der Waals surface area contributed by atoms with Crippen molar-refractivity contribution >= 4 is 33.8 Å². The second kappa shape index (κ2) is 7.74. The van der Waals surface area contributed by atoms with Crippen molar-refractivity contribution in [3.63, 3.8) is 0 Å². The quantitative estimate of drug-likeness (QED) is 0.475. The van der Waals surface area contributed by atoms with Crippen molar-refractivity contribution in [2.75, 3.05) is 11.9 Å². The van der Waals surface area contributed by atoms with Gasteiger partial charge in [-0.3, -0.25) is 4.79 Å². The molecular weight excluding hydrogens is 312 g/mol. The van der Waals surface area contributed by atoms with Crippen LogP contribution in [0.4, 0.5) is 0 Å². The van der Waals surface area contributed by atoms with Gasteiger partial charge in [0.25, 0.3) is 0 Å². The molecule has 0 amide bonds. The molecule has 0 aliphatic rings. The van der Waals surface area contributed by atoms with Crippen molar-refractivity contribution in [3.05, 3.63) is 35.4 Å². The third-order valence-electron chi connectivity index (χ3n) is 2.35. The Morgan fingerprint density at radius 1 is 1.42 bits per heavy atom. The summed E-state index contributed by atoms with van der Waals surface area (Å²) in [6, 6.07) is 5.03. The fourth-order valence-corrected chi connectivity index (χ4v) is 1.90. The highest BCUT2D eigenvalue weighted by atomic mass is 79.9. The molecule has 0 radical (unpaired) electrons. The minimum Gasteiger partial charge on any atom is -0.493 e. The number of carboxylic acids is 1. The first-order valence-electron chi connectivity index (χ1n) is 5.85. The van der Waals surface area contributed by atoms with Gasteiger partial charge in [-0.1, -0.05) is 22.0 Å². The molecule has 0 saturated carbocycles. The summed E-state index contributed by atoms with van der Waals surface area (Å²) in [4.78, 5) is 22.4. The average molecular weight is 327 g/mol. The smallest absolute Gasteiger partial charge is 0.328 e. The number of Topliss-reactive ketones (excluding diaryl/α,β-unsaturated/α-hetero) is 1. The SMILES string of the molecule is CCOc1cc(/C=C/C(=O)O)ccc1C(=O)CCBr. The molecule has 19 heavy (non-hydrogen) atoms. The minimum atomic E-state index is -1.02. The number of halogens is 1. The molecule has 0 bridgehead atoms. The van der Waals surface area contributed by atoms with Crippen molar-refractivity contribution in [1.82, 2.24) is 0 Å². The molecule has 0 unspecified atom stereocenters. The molecule has 1 rings (SSSR count). The first-order valence-corrected chi connectivity index (χ1v) is 6.97. The van der Waals surface area contributed by atoms with Gasteiger partial charge in [0, 0.05) is 17.8 Å². The maximum atomic E-state index is 11.9. The number of carbonyl (C=O) groups is 2. The maximum absolute atomic E-state index is 11.9. The molecule has 102 valence electrons. The minimum absolute atomic E-state index is 0.00547. The molecule has 0 fully saturated rings. The van der Waals surface area contributed by atoms with Crippen LogP contribution in [0.25, 0.3) is 6.08 Å². The number of hydrogen-bond donors (Lipinski definition) is 1. The van der Waals surface area contributed by atoms with E-state index in [9.17, 15) is 9.59 Å². The summed E-state index contributed by atoms with van der Waals surface area (Å²) in [6.07, 6.45) is 2.90. The average Bonchev–Trinajstić information content (AvgIpc) is 2.37. The zero-order valence-electron chi connectivity index (χ0n) is 10.6. The number of hydrogen-bond acceptors (Lipinski definition) is 3. The Morgan fingerprint density at radius 3 is 2.74 bits per heavy atom. The van der Waals surface area contributed by atoms with Crippen LogP contribution in [0, 0.1) is 0 Å². The largest absolute Gasteiger partial charge is 0.493 e. The number of ether oxygens (including phenoxy) is 1. The number of ketones is 1. The Morgan fingerprint density at radius 2 is 2.16 bits per heavy atom. The summed E-state index contributed by atoms with van der Waals surface area (Å²) in [5.74, 6) is -0.535. The molecule has 0 atom stereocenters. The van der Waals surface area contributed by atoms with Crippen molar-refractivity contribution in [2.45, 2.75) is 13.3 Å². The van der Waals surface area contributed by atoms with Crippen molar-refractivity contribution in [1.29, 1.82) is 0 Å². The normalized spacial score (nSPS) is 10.6. The van der Waals surface area contributed by atoms with Gasteiger partial charge < -0.3 is 9.84 Å². The number of benzene rings is 1. The highest BCUT2D eigenvalue weighted by molar-refractivity contribution is 9.09. The lowest BCUT2D eigenvalue weighted by atomic mass is 10.0. The highest BCUT2D eigenvalue weighted by Crippen LogP contribution is 2.23. The van der Waals surface area contributed by atoms with Gasteiger partial charge in [-0.2, -0.15) is 0 Å². The number of carbonyl (C=O) groups excluding carboxylic acids is 1. The molecule has 0 aromatic heterocycles. The zero-order chi connectivity index (χ0) is 14.3. The number of alkyl halides is 1. The van der Waals surface area contributed by atoms with Crippen LogP contribution < -0.4 is 4.74 Å². The maximum Gasteiger partial charge on any atom is 0.328 e. The van der Waals surface area contributed by atoms with Crippen LogP contribution in [-0.4, -0.2) is 28.8 Å². The summed E-state index contributed by atoms with van der Waals surface area (Å²) >= 11 is 3.23. The monoisotopic (exact) mass is 326 g/mol. The van der Waals surface area contributed by atoms with Gasteiger partial charge in [0.1, 0.15) is 5.75 Å². The standard InChI is InChI=1S/C14H15BrO4/c1-2-19-13-9-10(4-6-14(17)18)3-5-11(13)12(16)7-8-15/h3-6,9H,2,7-8H2,1H3,(H,17,18)/b6-4+. The zero-order valence-corrected chi connectivity index (χ0v) is 12.1. The van der Waals surface area contributed by atoms with Crippen LogP contribution in [0.3, 0.4) is 0 Å². The Hall–Kier alpha value is -1.62. The van der Waals surface area contributed by atoms with Gasteiger partial charge in [0.15, 0.2) is 5.78 Å². The van der Waals surface area contributed by atoms with Crippen molar-refractivity contribution < 1.29 is 19.4 Å². The lowest BCUT2D eigenvalue weighted by Crippen LogP contribution is -2.04. The van der Waals surface area contributed by atoms with Gasteiger partial charge in [-0.05, 0) is 30.7 Å². The topological polar surface area (TPSA) is 63.6 Å². The summed E-state index contributed by atoms with van der Waals surface area (Å²) < 4.78 is 5.43. The second-order valence-corrected chi connectivity index (χ2v) is 4.52. The molecule has 0 spiro atoms. The van der Waals surface area contributed by atoms with E-state index in [1.807, 2.05) is 6.92 Å². The summed E-state index contributed by atoms with van der Waals surface area (Å²) in [7, 11) is 0. The van der Waals surface area contributed by atoms with E-state index < -0.39 is 5.97 Å². The number of carboxylic acid groups (broad SMARTS) is 1. The van der Waals surface area contributed by atoms with Gasteiger partial charge >= 0.3 is 5.97 Å². The molecular formula is C14H15BrO4. The predicted octanol–water partition coefficient (Wildman–Crippen LogP) is 3.15. The predicted molar refractivity (Wildman–Crippen MR) is 77.0 cm³/mol. The van der Waals surface area contributed by atoms with E-state index in [0.717, 1.165) is 6.08 Å². The molecule has 4 nitrogen and oxygen atoms in total. The fraction of sp³-hybridized carbons (Fsp3) is 0.286. The van der Waals surface area contributed by atoms with Crippen molar-refractivity contribution in [2.24, 2.45) is 0 Å². The van der Waals surface area contributed by atoms with Crippen LogP contribution in [0.15, 0.2) is 24.3 Å². The Bertz CT molecular complexity index is 494. The lowest BCUT2D eigenvalue weighted by Gasteiger charge is -2.10. The highest BCUT2D eigenvalue weighted by Gasteiger charge is 2.12. The van der Waals surface area contributed by atoms with E-state index in [1.165, 1.54) is 6.08 Å². The Kier molecular flexibility index (Phi) is 6.29.